The van der Waals surface area contributed by atoms with Gasteiger partial charge in [-0.1, -0.05) is 52.7 Å². The summed E-state index contributed by atoms with van der Waals surface area (Å²) in [5.74, 6) is 7.74. The number of nitrogens with zero attached hydrogens (tertiary/aromatic N) is 4. The fraction of sp³-hybridized carbons (Fsp3) is 0.105. The van der Waals surface area contributed by atoms with Gasteiger partial charge in [0, 0.05) is 21.9 Å². The van der Waals surface area contributed by atoms with Crippen molar-refractivity contribution >= 4 is 35.0 Å². The van der Waals surface area contributed by atoms with Crippen molar-refractivity contribution in [3.8, 4) is 22.8 Å². The van der Waals surface area contributed by atoms with Crippen LogP contribution in [0.1, 0.15) is 11.3 Å². The summed E-state index contributed by atoms with van der Waals surface area (Å²) in [6, 6.07) is 13.1. The first-order chi connectivity index (χ1) is 13.5. The first-order valence-electron chi connectivity index (χ1n) is 8.31. The summed E-state index contributed by atoms with van der Waals surface area (Å²) >= 11 is 13.6. The number of nitrogen functional groups attached to an aromatic ring is 1. The Balaban J connectivity index is 1.49. The number of nitrogens with two attached hydrogens (primary N) is 1. The highest BCUT2D eigenvalue weighted by Crippen LogP contribution is 2.31. The Hall–Kier alpha value is -2.48. The Labute approximate surface area is 175 Å². The van der Waals surface area contributed by atoms with Gasteiger partial charge < -0.3 is 10.3 Å². The number of aromatic nitrogens is 4. The lowest BCUT2D eigenvalue weighted by atomic mass is 10.1. The van der Waals surface area contributed by atoms with Crippen molar-refractivity contribution in [3.05, 3.63) is 70.0 Å². The van der Waals surface area contributed by atoms with E-state index in [-0.39, 0.29) is 0 Å². The molecule has 0 bridgehead atoms. The minimum Gasteiger partial charge on any atom is -0.444 e. The average Bonchev–Trinajstić information content (AvgIpc) is 3.28. The zero-order valence-electron chi connectivity index (χ0n) is 14.8. The molecule has 2 aromatic carbocycles. The summed E-state index contributed by atoms with van der Waals surface area (Å²) in [6.45, 7) is 2.04. The first-order valence-corrected chi connectivity index (χ1v) is 10.1. The van der Waals surface area contributed by atoms with Crippen LogP contribution < -0.4 is 5.84 Å². The number of oxazole rings is 1. The molecular weight excluding hydrogens is 417 g/mol. The maximum absolute atomic E-state index is 6.24. The van der Waals surface area contributed by atoms with E-state index in [1.165, 1.54) is 22.0 Å². The fourth-order valence-electron chi connectivity index (χ4n) is 2.57. The summed E-state index contributed by atoms with van der Waals surface area (Å²) in [5, 5.41) is 9.84. The Morgan fingerprint density at radius 3 is 2.64 bits per heavy atom. The Bertz CT molecular complexity index is 1120. The van der Waals surface area contributed by atoms with Gasteiger partial charge in [-0.25, -0.2) is 9.66 Å². The van der Waals surface area contributed by atoms with Crippen LogP contribution in [0.25, 0.3) is 22.8 Å². The normalized spacial score (nSPS) is 11.1. The minimum atomic E-state index is 0.461. The van der Waals surface area contributed by atoms with Crippen molar-refractivity contribution in [2.24, 2.45) is 0 Å². The maximum Gasteiger partial charge on any atom is 0.226 e. The van der Waals surface area contributed by atoms with Crippen LogP contribution in [0, 0.1) is 6.92 Å². The minimum absolute atomic E-state index is 0.461. The van der Waals surface area contributed by atoms with Gasteiger partial charge in [0.05, 0.1) is 10.7 Å². The molecule has 28 heavy (non-hydrogen) atoms. The number of hydrogen-bond acceptors (Lipinski definition) is 6. The molecule has 142 valence electrons. The maximum atomic E-state index is 6.24. The third-order valence-electron chi connectivity index (χ3n) is 4.04. The van der Waals surface area contributed by atoms with Crippen LogP contribution >= 0.6 is 35.0 Å². The standard InChI is InChI=1S/C19H15Cl2N5OS/c1-11-2-4-12(5-3-11)18-23-14(9-27-18)10-28-19-25-24-17(26(19)22)15-7-6-13(20)8-16(15)21/h2-9H,10,22H2,1H3. The molecule has 0 saturated carbocycles. The predicted molar refractivity (Wildman–Crippen MR) is 112 cm³/mol. The molecule has 0 atom stereocenters. The van der Waals surface area contributed by atoms with E-state index < -0.39 is 0 Å². The number of halogens is 2. The molecule has 0 aliphatic heterocycles. The van der Waals surface area contributed by atoms with Crippen LogP contribution in [0.5, 0.6) is 0 Å². The molecule has 6 nitrogen and oxygen atoms in total. The second kappa shape index (κ2) is 7.87. The molecule has 0 aliphatic rings. The van der Waals surface area contributed by atoms with Crippen molar-refractivity contribution in [2.75, 3.05) is 5.84 Å². The molecule has 0 radical (unpaired) electrons. The van der Waals surface area contributed by atoms with Gasteiger partial charge in [0.1, 0.15) is 6.26 Å². The second-order valence-corrected chi connectivity index (χ2v) is 7.89. The van der Waals surface area contributed by atoms with Gasteiger partial charge in [0.2, 0.25) is 11.0 Å². The Kier molecular flexibility index (Phi) is 5.30. The lowest BCUT2D eigenvalue weighted by molar-refractivity contribution is 0.573. The summed E-state index contributed by atoms with van der Waals surface area (Å²) in [4.78, 5) is 4.52. The molecule has 2 heterocycles. The Morgan fingerprint density at radius 1 is 1.11 bits per heavy atom. The van der Waals surface area contributed by atoms with Crippen molar-refractivity contribution in [1.82, 2.24) is 19.9 Å². The molecule has 0 spiro atoms. The topological polar surface area (TPSA) is 82.8 Å². The highest BCUT2D eigenvalue weighted by atomic mass is 35.5. The highest BCUT2D eigenvalue weighted by molar-refractivity contribution is 7.98. The van der Waals surface area contributed by atoms with E-state index in [4.69, 9.17) is 33.5 Å². The molecule has 2 aromatic heterocycles. The number of hydrogen-bond donors (Lipinski definition) is 1. The zero-order chi connectivity index (χ0) is 19.7. The SMILES string of the molecule is Cc1ccc(-c2nc(CSc3nnc(-c4ccc(Cl)cc4Cl)n3N)co2)cc1. The molecule has 4 rings (SSSR count). The lowest BCUT2D eigenvalue weighted by Crippen LogP contribution is -2.11. The van der Waals surface area contributed by atoms with E-state index in [1.54, 1.807) is 24.5 Å². The third kappa shape index (κ3) is 3.87. The number of thioether (sulfide) groups is 1. The molecule has 0 amide bonds. The van der Waals surface area contributed by atoms with Crippen molar-refractivity contribution in [3.63, 3.8) is 0 Å². The monoisotopic (exact) mass is 431 g/mol. The predicted octanol–water partition coefficient (Wildman–Crippen LogP) is 5.22. The lowest BCUT2D eigenvalue weighted by Gasteiger charge is -2.05. The first kappa shape index (κ1) is 18.9. The molecule has 2 N–H and O–H groups in total. The summed E-state index contributed by atoms with van der Waals surface area (Å²) < 4.78 is 6.99. The number of rotatable bonds is 5. The Morgan fingerprint density at radius 2 is 1.89 bits per heavy atom. The fourth-order valence-corrected chi connectivity index (χ4v) is 3.80. The highest BCUT2D eigenvalue weighted by Gasteiger charge is 2.16. The summed E-state index contributed by atoms with van der Waals surface area (Å²) in [5.41, 5.74) is 3.57. The van der Waals surface area contributed by atoms with E-state index in [0.29, 0.717) is 38.2 Å². The van der Waals surface area contributed by atoms with Crippen molar-refractivity contribution in [1.29, 1.82) is 0 Å². The third-order valence-corrected chi connectivity index (χ3v) is 5.56. The van der Waals surface area contributed by atoms with Gasteiger partial charge in [-0.2, -0.15) is 0 Å². The van der Waals surface area contributed by atoms with Gasteiger partial charge in [-0.15, -0.1) is 10.2 Å². The van der Waals surface area contributed by atoms with E-state index in [1.807, 2.05) is 31.2 Å². The number of aryl methyl sites for hydroxylation is 1. The van der Waals surface area contributed by atoms with Gasteiger partial charge in [0.25, 0.3) is 0 Å². The van der Waals surface area contributed by atoms with Gasteiger partial charge in [-0.3, -0.25) is 0 Å². The molecule has 0 fully saturated rings. The molecule has 4 aromatic rings. The second-order valence-electron chi connectivity index (χ2n) is 6.10. The van der Waals surface area contributed by atoms with Crippen LogP contribution in [-0.2, 0) is 5.75 Å². The van der Waals surface area contributed by atoms with Gasteiger partial charge in [-0.05, 0) is 37.3 Å². The zero-order valence-corrected chi connectivity index (χ0v) is 17.1. The van der Waals surface area contributed by atoms with Crippen molar-refractivity contribution < 1.29 is 4.42 Å². The molecular formula is C19H15Cl2N5OS. The largest absolute Gasteiger partial charge is 0.444 e. The van der Waals surface area contributed by atoms with E-state index in [9.17, 15) is 0 Å². The van der Waals surface area contributed by atoms with E-state index in [2.05, 4.69) is 15.2 Å². The van der Waals surface area contributed by atoms with Gasteiger partial charge in [0.15, 0.2) is 5.82 Å². The average molecular weight is 432 g/mol. The van der Waals surface area contributed by atoms with E-state index >= 15 is 0 Å². The molecule has 9 heteroatoms. The molecule has 0 unspecified atom stereocenters. The van der Waals surface area contributed by atoms with Crippen LogP contribution in [0.2, 0.25) is 10.0 Å². The van der Waals surface area contributed by atoms with Gasteiger partial charge >= 0.3 is 0 Å². The van der Waals surface area contributed by atoms with Crippen LogP contribution in [0.4, 0.5) is 0 Å². The van der Waals surface area contributed by atoms with Crippen LogP contribution in [-0.4, -0.2) is 19.9 Å². The molecule has 0 aliphatic carbocycles. The van der Waals surface area contributed by atoms with Crippen LogP contribution in [0.15, 0.2) is 58.3 Å². The molecule has 0 saturated heterocycles. The number of benzene rings is 2. The smallest absolute Gasteiger partial charge is 0.226 e. The van der Waals surface area contributed by atoms with E-state index in [0.717, 1.165) is 11.3 Å². The summed E-state index contributed by atoms with van der Waals surface area (Å²) in [7, 11) is 0. The summed E-state index contributed by atoms with van der Waals surface area (Å²) in [6.07, 6.45) is 1.64. The van der Waals surface area contributed by atoms with Crippen LogP contribution in [0.3, 0.4) is 0 Å². The quantitative estimate of drug-likeness (QED) is 0.344. The van der Waals surface area contributed by atoms with Crippen molar-refractivity contribution in [2.45, 2.75) is 17.8 Å².